The monoisotopic (exact) mass is 258 g/mol. The summed E-state index contributed by atoms with van der Waals surface area (Å²) < 4.78 is 1.77. The zero-order valence-corrected chi connectivity index (χ0v) is 11.3. The summed E-state index contributed by atoms with van der Waals surface area (Å²) in [5.41, 5.74) is 3.48. The Labute approximate surface area is 112 Å². The molecule has 0 saturated carbocycles. The fourth-order valence-corrected chi connectivity index (χ4v) is 2.03. The van der Waals surface area contributed by atoms with Crippen LogP contribution in [-0.4, -0.2) is 20.9 Å². The van der Waals surface area contributed by atoms with E-state index in [0.717, 1.165) is 24.1 Å². The summed E-state index contributed by atoms with van der Waals surface area (Å²) in [5.74, 6) is -0.977. The molecule has 0 aliphatic rings. The molecule has 1 heterocycles. The lowest BCUT2D eigenvalue weighted by atomic mass is 10.1. The minimum atomic E-state index is -0.977. The Kier molecular flexibility index (Phi) is 4.00. The number of hydrogen-bond acceptors (Lipinski definition) is 2. The number of aromatic carboxylic acids is 1. The Morgan fingerprint density at radius 3 is 2.32 bits per heavy atom. The number of nitrogens with zero attached hydrogens (tertiary/aromatic N) is 2. The van der Waals surface area contributed by atoms with Crippen molar-refractivity contribution < 1.29 is 9.90 Å². The van der Waals surface area contributed by atoms with Crippen LogP contribution in [-0.2, 0) is 19.4 Å². The second kappa shape index (κ2) is 5.69. The van der Waals surface area contributed by atoms with Crippen molar-refractivity contribution in [1.82, 2.24) is 9.78 Å². The van der Waals surface area contributed by atoms with Crippen molar-refractivity contribution in [3.8, 4) is 0 Å². The van der Waals surface area contributed by atoms with E-state index in [9.17, 15) is 4.79 Å². The molecule has 100 valence electrons. The van der Waals surface area contributed by atoms with E-state index in [-0.39, 0.29) is 5.69 Å². The van der Waals surface area contributed by atoms with Crippen molar-refractivity contribution in [3.63, 3.8) is 0 Å². The number of hydrogen-bond donors (Lipinski definition) is 1. The third-order valence-electron chi connectivity index (χ3n) is 3.21. The van der Waals surface area contributed by atoms with Gasteiger partial charge >= 0.3 is 5.97 Å². The van der Waals surface area contributed by atoms with Gasteiger partial charge in [0, 0.05) is 5.69 Å². The fourth-order valence-electron chi connectivity index (χ4n) is 2.03. The number of carboxylic acids is 1. The van der Waals surface area contributed by atoms with Crippen LogP contribution >= 0.6 is 0 Å². The molecule has 0 unspecified atom stereocenters. The number of benzene rings is 1. The molecular weight excluding hydrogens is 240 g/mol. The first-order chi connectivity index (χ1) is 9.13. The number of rotatable bonds is 5. The minimum Gasteiger partial charge on any atom is -0.476 e. The molecule has 0 aliphatic heterocycles. The largest absolute Gasteiger partial charge is 0.476 e. The highest BCUT2D eigenvalue weighted by molar-refractivity contribution is 5.85. The van der Waals surface area contributed by atoms with E-state index >= 15 is 0 Å². The third kappa shape index (κ3) is 3.02. The lowest BCUT2D eigenvalue weighted by Gasteiger charge is -2.06. The number of carboxylic acid groups (broad SMARTS) is 1. The summed E-state index contributed by atoms with van der Waals surface area (Å²) in [6, 6.07) is 9.98. The molecule has 0 radical (unpaired) electrons. The Morgan fingerprint density at radius 1 is 1.16 bits per heavy atom. The molecule has 1 N–H and O–H groups in total. The molecule has 0 fully saturated rings. The van der Waals surface area contributed by atoms with Gasteiger partial charge in [-0.2, -0.15) is 5.10 Å². The van der Waals surface area contributed by atoms with Gasteiger partial charge in [-0.3, -0.25) is 4.68 Å². The van der Waals surface area contributed by atoms with Crippen molar-refractivity contribution >= 4 is 5.97 Å². The Bertz CT molecular complexity index is 570. The maximum atomic E-state index is 10.9. The van der Waals surface area contributed by atoms with Gasteiger partial charge in [0.25, 0.3) is 0 Å². The first-order valence-electron chi connectivity index (χ1n) is 6.51. The Hall–Kier alpha value is -2.10. The van der Waals surface area contributed by atoms with Crippen LogP contribution in [0, 0.1) is 0 Å². The van der Waals surface area contributed by atoms with Crippen molar-refractivity contribution in [3.05, 3.63) is 52.8 Å². The molecule has 0 amide bonds. The van der Waals surface area contributed by atoms with Crippen LogP contribution in [0.5, 0.6) is 0 Å². The Balaban J connectivity index is 2.23. The highest BCUT2D eigenvalue weighted by Gasteiger charge is 2.12. The van der Waals surface area contributed by atoms with Crippen molar-refractivity contribution in [2.24, 2.45) is 0 Å². The van der Waals surface area contributed by atoms with E-state index in [1.165, 1.54) is 5.56 Å². The van der Waals surface area contributed by atoms with Gasteiger partial charge in [0.05, 0.1) is 6.54 Å². The van der Waals surface area contributed by atoms with Gasteiger partial charge in [-0.25, -0.2) is 4.79 Å². The Morgan fingerprint density at radius 2 is 1.79 bits per heavy atom. The molecule has 4 nitrogen and oxygen atoms in total. The van der Waals surface area contributed by atoms with Gasteiger partial charge in [-0.05, 0) is 30.0 Å². The summed E-state index contributed by atoms with van der Waals surface area (Å²) in [6.45, 7) is 4.73. The molecule has 0 bridgehead atoms. The summed E-state index contributed by atoms with van der Waals surface area (Å²) in [4.78, 5) is 10.9. The molecule has 2 aromatic rings. The van der Waals surface area contributed by atoms with Gasteiger partial charge < -0.3 is 5.11 Å². The van der Waals surface area contributed by atoms with Gasteiger partial charge in [-0.1, -0.05) is 38.1 Å². The van der Waals surface area contributed by atoms with Crippen LogP contribution in [0.1, 0.15) is 41.2 Å². The number of aryl methyl sites for hydroxylation is 2. The zero-order chi connectivity index (χ0) is 13.8. The lowest BCUT2D eigenvalue weighted by Crippen LogP contribution is -2.07. The molecule has 1 aromatic carbocycles. The average Bonchev–Trinajstić information content (AvgIpc) is 2.83. The van der Waals surface area contributed by atoms with Gasteiger partial charge in [0.15, 0.2) is 5.69 Å². The number of carbonyl (C=O) groups is 1. The summed E-state index contributed by atoms with van der Waals surface area (Å²) >= 11 is 0. The average molecular weight is 258 g/mol. The maximum Gasteiger partial charge on any atom is 0.356 e. The molecular formula is C15H18N2O2. The van der Waals surface area contributed by atoms with E-state index in [1.807, 2.05) is 6.92 Å². The lowest BCUT2D eigenvalue weighted by molar-refractivity contribution is 0.0689. The molecule has 0 saturated heterocycles. The number of aromatic nitrogens is 2. The first-order valence-corrected chi connectivity index (χ1v) is 6.51. The normalized spacial score (nSPS) is 10.6. The first kappa shape index (κ1) is 13.3. The smallest absolute Gasteiger partial charge is 0.356 e. The summed E-state index contributed by atoms with van der Waals surface area (Å²) in [5, 5.41) is 13.1. The quantitative estimate of drug-likeness (QED) is 0.897. The zero-order valence-electron chi connectivity index (χ0n) is 11.3. The predicted octanol–water partition coefficient (Wildman–Crippen LogP) is 2.75. The van der Waals surface area contributed by atoms with E-state index < -0.39 is 5.97 Å². The van der Waals surface area contributed by atoms with Crippen molar-refractivity contribution in [1.29, 1.82) is 0 Å². The molecule has 0 aliphatic carbocycles. The standard InChI is InChI=1S/C15H18N2O2/c1-3-11-5-7-12(8-6-11)10-17-13(4-2)9-14(16-17)15(18)19/h5-9H,3-4,10H2,1-2H3,(H,18,19). The van der Waals surface area contributed by atoms with Crippen molar-refractivity contribution in [2.75, 3.05) is 0 Å². The molecule has 1 aromatic heterocycles. The van der Waals surface area contributed by atoms with Gasteiger partial charge in [-0.15, -0.1) is 0 Å². The van der Waals surface area contributed by atoms with E-state index in [1.54, 1.807) is 10.7 Å². The second-order valence-electron chi connectivity index (χ2n) is 4.51. The van der Waals surface area contributed by atoms with Crippen LogP contribution < -0.4 is 0 Å². The fraction of sp³-hybridized carbons (Fsp3) is 0.333. The predicted molar refractivity (Wildman–Crippen MR) is 73.5 cm³/mol. The highest BCUT2D eigenvalue weighted by atomic mass is 16.4. The van der Waals surface area contributed by atoms with Crippen LogP contribution in [0.4, 0.5) is 0 Å². The molecule has 0 spiro atoms. The maximum absolute atomic E-state index is 10.9. The van der Waals surface area contributed by atoms with E-state index in [2.05, 4.69) is 36.3 Å². The van der Waals surface area contributed by atoms with Crippen LogP contribution in [0.25, 0.3) is 0 Å². The van der Waals surface area contributed by atoms with Crippen LogP contribution in [0.15, 0.2) is 30.3 Å². The summed E-state index contributed by atoms with van der Waals surface area (Å²) in [6.07, 6.45) is 1.79. The minimum absolute atomic E-state index is 0.113. The van der Waals surface area contributed by atoms with Crippen molar-refractivity contribution in [2.45, 2.75) is 33.2 Å². The third-order valence-corrected chi connectivity index (χ3v) is 3.21. The molecule has 0 atom stereocenters. The van der Waals surface area contributed by atoms with Gasteiger partial charge in [0.2, 0.25) is 0 Å². The second-order valence-corrected chi connectivity index (χ2v) is 4.51. The molecule has 2 rings (SSSR count). The summed E-state index contributed by atoms with van der Waals surface area (Å²) in [7, 11) is 0. The van der Waals surface area contributed by atoms with Gasteiger partial charge in [0.1, 0.15) is 0 Å². The topological polar surface area (TPSA) is 55.1 Å². The van der Waals surface area contributed by atoms with Crippen LogP contribution in [0.3, 0.4) is 0 Å². The SMILES string of the molecule is CCc1ccc(Cn2nc(C(=O)O)cc2CC)cc1. The molecule has 4 heteroatoms. The van der Waals surface area contributed by atoms with E-state index in [0.29, 0.717) is 6.54 Å². The highest BCUT2D eigenvalue weighted by Crippen LogP contribution is 2.11. The van der Waals surface area contributed by atoms with Crippen LogP contribution in [0.2, 0.25) is 0 Å². The van der Waals surface area contributed by atoms with E-state index in [4.69, 9.17) is 5.11 Å². The molecule has 19 heavy (non-hydrogen) atoms.